The first kappa shape index (κ1) is 33.4. The molecule has 0 radical (unpaired) electrons. The van der Waals surface area contributed by atoms with Gasteiger partial charge in [-0.2, -0.15) is 0 Å². The Morgan fingerprint density at radius 2 is 1.98 bits per heavy atom. The lowest BCUT2D eigenvalue weighted by atomic mass is 9.70. The number of nitrogens with one attached hydrogen (secondary N) is 1. The number of esters is 1. The molecule has 240 valence electrons. The summed E-state index contributed by atoms with van der Waals surface area (Å²) in [7, 11) is 0. The molecule has 2 bridgehead atoms. The number of hydrogen-bond acceptors (Lipinski definition) is 7. The van der Waals surface area contributed by atoms with E-state index in [9.17, 15) is 24.3 Å². The van der Waals surface area contributed by atoms with E-state index in [1.807, 2.05) is 30.3 Å². The Balaban J connectivity index is 1.60. The number of fused-ring (bicyclic) bond motifs is 1. The van der Waals surface area contributed by atoms with Crippen LogP contribution in [0.25, 0.3) is 0 Å². The van der Waals surface area contributed by atoms with Crippen LogP contribution in [0.1, 0.15) is 69.9 Å². The minimum absolute atomic E-state index is 0.0638. The van der Waals surface area contributed by atoms with E-state index in [2.05, 4.69) is 25.4 Å². The highest BCUT2D eigenvalue weighted by Gasteiger charge is 2.74. The molecule has 4 rings (SSSR count). The second kappa shape index (κ2) is 15.5. The highest BCUT2D eigenvalue weighted by molar-refractivity contribution is 5.99. The standard InChI is InChI=1S/C34H47N3O7/c1-4-7-12-20-36(19-6-3)33(42)30-34-18-17-26(44-34)28(29(34)32(41)37(30)21-13-22-38)31(40)35-25(24-14-10-9-11-15-24)23-43-27(39)16-8-5-2/h5-6,9-11,14-15,25-26,28-30,38H,2-4,7-8,12-13,16-23H2,1H3,(H,35,40)/t25-,26+,28-,29-,30+,34-/m0/s1. The molecule has 0 aliphatic carbocycles. The van der Waals surface area contributed by atoms with E-state index < -0.39 is 41.6 Å². The molecule has 10 nitrogen and oxygen atoms in total. The monoisotopic (exact) mass is 609 g/mol. The van der Waals surface area contributed by atoms with Crippen molar-refractivity contribution in [3.63, 3.8) is 0 Å². The van der Waals surface area contributed by atoms with E-state index in [1.165, 1.54) is 4.90 Å². The van der Waals surface area contributed by atoms with E-state index in [0.717, 1.165) is 24.8 Å². The van der Waals surface area contributed by atoms with Crippen LogP contribution in [-0.4, -0.2) is 89.2 Å². The van der Waals surface area contributed by atoms with Crippen LogP contribution in [0.5, 0.6) is 0 Å². The number of carbonyl (C=O) groups excluding carboxylic acids is 4. The molecule has 3 aliphatic rings. The molecule has 1 spiro atoms. The van der Waals surface area contributed by atoms with E-state index in [0.29, 0.717) is 38.8 Å². The normalized spacial score (nSPS) is 25.8. The number of benzene rings is 1. The topological polar surface area (TPSA) is 125 Å². The summed E-state index contributed by atoms with van der Waals surface area (Å²) in [6.45, 7) is 10.4. The number of allylic oxidation sites excluding steroid dienone is 1. The molecule has 3 heterocycles. The summed E-state index contributed by atoms with van der Waals surface area (Å²) >= 11 is 0. The molecule has 3 amide bonds. The van der Waals surface area contributed by atoms with Crippen molar-refractivity contribution < 1.29 is 33.8 Å². The Hall–Kier alpha value is -3.50. The van der Waals surface area contributed by atoms with Gasteiger partial charge in [0.25, 0.3) is 0 Å². The zero-order valence-electron chi connectivity index (χ0n) is 25.8. The third-order valence-electron chi connectivity index (χ3n) is 9.07. The second-order valence-electron chi connectivity index (χ2n) is 11.9. The third kappa shape index (κ3) is 6.91. The molecular weight excluding hydrogens is 562 g/mol. The maximum absolute atomic E-state index is 14.2. The number of amides is 3. The van der Waals surface area contributed by atoms with Crippen LogP contribution in [-0.2, 0) is 28.7 Å². The fraction of sp³-hybridized carbons (Fsp3) is 0.588. The van der Waals surface area contributed by atoms with Crippen molar-refractivity contribution in [1.29, 1.82) is 0 Å². The van der Waals surface area contributed by atoms with Gasteiger partial charge in [0, 0.05) is 32.7 Å². The van der Waals surface area contributed by atoms with Crippen LogP contribution in [0.15, 0.2) is 55.6 Å². The number of carbonyl (C=O) groups is 4. The van der Waals surface area contributed by atoms with Gasteiger partial charge in [-0.15, -0.1) is 13.2 Å². The zero-order valence-corrected chi connectivity index (χ0v) is 25.8. The summed E-state index contributed by atoms with van der Waals surface area (Å²) in [6.07, 6.45) is 7.65. The number of likely N-dealkylation sites (tertiary alicyclic amines) is 1. The van der Waals surface area contributed by atoms with Crippen LogP contribution in [0.3, 0.4) is 0 Å². The quantitative estimate of drug-likeness (QED) is 0.149. The first-order valence-electron chi connectivity index (χ1n) is 15.9. The molecule has 0 aromatic heterocycles. The number of aliphatic hydroxyl groups is 1. The van der Waals surface area contributed by atoms with E-state index in [-0.39, 0.29) is 43.9 Å². The first-order chi connectivity index (χ1) is 21.3. The minimum Gasteiger partial charge on any atom is -0.463 e. The number of aliphatic hydroxyl groups excluding tert-OH is 1. The molecule has 10 heteroatoms. The Labute approximate surface area is 260 Å². The number of ether oxygens (including phenoxy) is 2. The third-order valence-corrected chi connectivity index (χ3v) is 9.07. The second-order valence-corrected chi connectivity index (χ2v) is 11.9. The molecule has 3 aliphatic heterocycles. The molecule has 3 saturated heterocycles. The summed E-state index contributed by atoms with van der Waals surface area (Å²) in [5.41, 5.74) is -0.362. The highest BCUT2D eigenvalue weighted by atomic mass is 16.5. The van der Waals surface area contributed by atoms with Crippen LogP contribution in [0, 0.1) is 11.8 Å². The number of unbranched alkanes of at least 4 members (excludes halogenated alkanes) is 2. The molecule has 1 aromatic rings. The Kier molecular flexibility index (Phi) is 11.7. The van der Waals surface area contributed by atoms with Crippen LogP contribution in [0.2, 0.25) is 0 Å². The van der Waals surface area contributed by atoms with E-state index in [1.54, 1.807) is 17.1 Å². The maximum atomic E-state index is 14.2. The van der Waals surface area contributed by atoms with Crippen LogP contribution < -0.4 is 5.32 Å². The van der Waals surface area contributed by atoms with Gasteiger partial charge in [-0.1, -0.05) is 62.2 Å². The van der Waals surface area contributed by atoms with Crippen molar-refractivity contribution in [2.45, 2.75) is 82.1 Å². The Morgan fingerprint density at radius 1 is 1.20 bits per heavy atom. The lowest BCUT2D eigenvalue weighted by molar-refractivity contribution is -0.148. The maximum Gasteiger partial charge on any atom is 0.306 e. The number of nitrogens with zero attached hydrogens (tertiary/aromatic N) is 2. The smallest absolute Gasteiger partial charge is 0.306 e. The summed E-state index contributed by atoms with van der Waals surface area (Å²) in [5, 5.41) is 12.7. The SMILES string of the molecule is C=CCCC(=O)OC[C@H](NC(=O)[C@@H]1[C@H]2C(=O)N(CCCO)[C@H](C(=O)N(CC=C)CCCCC)[C@]23CC[C@H]1O3)c1ccccc1. The van der Waals surface area contributed by atoms with Gasteiger partial charge in [-0.25, -0.2) is 0 Å². The molecule has 3 fully saturated rings. The summed E-state index contributed by atoms with van der Waals surface area (Å²) in [5.74, 6) is -2.89. The van der Waals surface area contributed by atoms with Gasteiger partial charge in [0.05, 0.1) is 24.0 Å². The fourth-order valence-corrected chi connectivity index (χ4v) is 7.03. The van der Waals surface area contributed by atoms with Crippen molar-refractivity contribution in [3.8, 4) is 0 Å². The van der Waals surface area contributed by atoms with Crippen molar-refractivity contribution in [1.82, 2.24) is 15.1 Å². The van der Waals surface area contributed by atoms with Crippen molar-refractivity contribution in [3.05, 3.63) is 61.2 Å². The van der Waals surface area contributed by atoms with Crippen molar-refractivity contribution >= 4 is 23.7 Å². The van der Waals surface area contributed by atoms with Gasteiger partial charge in [-0.3, -0.25) is 19.2 Å². The molecule has 44 heavy (non-hydrogen) atoms. The summed E-state index contributed by atoms with van der Waals surface area (Å²) in [4.78, 5) is 58.0. The predicted molar refractivity (Wildman–Crippen MR) is 165 cm³/mol. The molecule has 0 saturated carbocycles. The van der Waals surface area contributed by atoms with Gasteiger partial charge in [0.1, 0.15) is 18.2 Å². The van der Waals surface area contributed by atoms with Gasteiger partial charge >= 0.3 is 5.97 Å². The average Bonchev–Trinajstić information content (AvgIpc) is 3.67. The average molecular weight is 610 g/mol. The van der Waals surface area contributed by atoms with E-state index in [4.69, 9.17) is 9.47 Å². The molecule has 2 N–H and O–H groups in total. The lowest BCUT2D eigenvalue weighted by Crippen LogP contribution is -2.56. The van der Waals surface area contributed by atoms with Gasteiger partial charge in [0.2, 0.25) is 17.7 Å². The van der Waals surface area contributed by atoms with Crippen molar-refractivity contribution in [2.24, 2.45) is 11.8 Å². The zero-order chi connectivity index (χ0) is 31.7. The number of hydrogen-bond donors (Lipinski definition) is 2. The number of rotatable bonds is 18. The Morgan fingerprint density at radius 3 is 2.66 bits per heavy atom. The van der Waals surface area contributed by atoms with Gasteiger partial charge in [0.15, 0.2) is 0 Å². The largest absolute Gasteiger partial charge is 0.463 e. The first-order valence-corrected chi connectivity index (χ1v) is 15.9. The molecule has 6 atom stereocenters. The summed E-state index contributed by atoms with van der Waals surface area (Å²) < 4.78 is 12.1. The Bertz CT molecular complexity index is 1190. The lowest BCUT2D eigenvalue weighted by Gasteiger charge is -2.36. The highest BCUT2D eigenvalue weighted by Crippen LogP contribution is 2.58. The van der Waals surface area contributed by atoms with Gasteiger partial charge < -0.3 is 29.7 Å². The van der Waals surface area contributed by atoms with Crippen molar-refractivity contribution in [2.75, 3.05) is 32.8 Å². The minimum atomic E-state index is -1.13. The van der Waals surface area contributed by atoms with Gasteiger partial charge in [-0.05, 0) is 37.7 Å². The molecule has 0 unspecified atom stereocenters. The fourth-order valence-electron chi connectivity index (χ4n) is 7.03. The molecular formula is C34H47N3O7. The van der Waals surface area contributed by atoms with Crippen LogP contribution in [0.4, 0.5) is 0 Å². The summed E-state index contributed by atoms with van der Waals surface area (Å²) in [6, 6.07) is 7.72. The predicted octanol–water partition coefficient (Wildman–Crippen LogP) is 3.32. The van der Waals surface area contributed by atoms with Crippen LogP contribution >= 0.6 is 0 Å². The molecule has 1 aromatic carbocycles. The van der Waals surface area contributed by atoms with E-state index >= 15 is 0 Å².